The molecule has 2 rings (SSSR count). The van der Waals surface area contributed by atoms with Crippen LogP contribution in [0.2, 0.25) is 0 Å². The Morgan fingerprint density at radius 3 is 2.42 bits per heavy atom. The Bertz CT molecular complexity index is 614. The van der Waals surface area contributed by atoms with Crippen molar-refractivity contribution >= 4 is 11.7 Å². The van der Waals surface area contributed by atoms with Gasteiger partial charge >= 0.3 is 18.4 Å². The van der Waals surface area contributed by atoms with E-state index in [9.17, 15) is 31.1 Å². The molecule has 24 heavy (non-hydrogen) atoms. The van der Waals surface area contributed by atoms with Crippen molar-refractivity contribution in [3.05, 3.63) is 29.3 Å². The third kappa shape index (κ3) is 4.31. The molecule has 1 unspecified atom stereocenters. The summed E-state index contributed by atoms with van der Waals surface area (Å²) in [5, 5.41) is 5.12. The SMILES string of the molecule is CC1CN(C(=O)Nc2ccc(C(F)(F)F)cc2C(F)(F)F)CCN1. The first kappa shape index (κ1) is 18.4. The molecule has 1 aliphatic rings. The Morgan fingerprint density at radius 2 is 1.88 bits per heavy atom. The number of carbonyl (C=O) groups excluding carboxylic acids is 1. The molecule has 1 aromatic rings. The zero-order chi connectivity index (χ0) is 18.1. The van der Waals surface area contributed by atoms with Crippen molar-refractivity contribution in [1.82, 2.24) is 10.2 Å². The van der Waals surface area contributed by atoms with Gasteiger partial charge in [-0.25, -0.2) is 4.79 Å². The summed E-state index contributed by atoms with van der Waals surface area (Å²) < 4.78 is 76.9. The molecule has 0 bridgehead atoms. The Hall–Kier alpha value is -1.97. The molecule has 134 valence electrons. The molecular formula is C14H15F6N3O. The van der Waals surface area contributed by atoms with Crippen LogP contribution in [0.3, 0.4) is 0 Å². The molecule has 0 saturated carbocycles. The molecule has 1 aliphatic heterocycles. The fraction of sp³-hybridized carbons (Fsp3) is 0.500. The number of rotatable bonds is 1. The minimum absolute atomic E-state index is 0.00397. The number of nitrogens with one attached hydrogen (secondary N) is 2. The number of nitrogens with zero attached hydrogens (tertiary/aromatic N) is 1. The first-order valence-corrected chi connectivity index (χ1v) is 7.06. The van der Waals surface area contributed by atoms with Crippen LogP contribution in [0, 0.1) is 0 Å². The monoisotopic (exact) mass is 355 g/mol. The molecule has 2 amide bonds. The number of benzene rings is 1. The highest BCUT2D eigenvalue weighted by atomic mass is 19.4. The highest BCUT2D eigenvalue weighted by Gasteiger charge is 2.38. The van der Waals surface area contributed by atoms with E-state index < -0.39 is 35.2 Å². The van der Waals surface area contributed by atoms with Crippen LogP contribution in [-0.2, 0) is 12.4 Å². The van der Waals surface area contributed by atoms with Crippen molar-refractivity contribution in [3.8, 4) is 0 Å². The normalized spacial score (nSPS) is 19.3. The summed E-state index contributed by atoms with van der Waals surface area (Å²) in [5.41, 5.74) is -3.66. The second-order valence-corrected chi connectivity index (χ2v) is 5.49. The van der Waals surface area contributed by atoms with Gasteiger partial charge in [-0.15, -0.1) is 0 Å². The van der Waals surface area contributed by atoms with E-state index in [1.54, 1.807) is 6.92 Å². The van der Waals surface area contributed by atoms with Crippen molar-refractivity contribution in [2.45, 2.75) is 25.3 Å². The van der Waals surface area contributed by atoms with Gasteiger partial charge in [0.05, 0.1) is 16.8 Å². The summed E-state index contributed by atoms with van der Waals surface area (Å²) >= 11 is 0. The molecule has 2 N–H and O–H groups in total. The second-order valence-electron chi connectivity index (χ2n) is 5.49. The number of halogens is 6. The summed E-state index contributed by atoms with van der Waals surface area (Å²) in [6, 6.07) is 0.309. The Morgan fingerprint density at radius 1 is 1.21 bits per heavy atom. The topological polar surface area (TPSA) is 44.4 Å². The molecule has 0 radical (unpaired) electrons. The minimum Gasteiger partial charge on any atom is -0.322 e. The fourth-order valence-corrected chi connectivity index (χ4v) is 2.38. The van der Waals surface area contributed by atoms with Gasteiger partial charge < -0.3 is 15.5 Å². The average molecular weight is 355 g/mol. The van der Waals surface area contributed by atoms with E-state index in [1.165, 1.54) is 4.90 Å². The van der Waals surface area contributed by atoms with Gasteiger partial charge in [0.1, 0.15) is 0 Å². The molecule has 1 atom stereocenters. The van der Waals surface area contributed by atoms with Crippen LogP contribution in [-0.4, -0.2) is 36.6 Å². The number of hydrogen-bond donors (Lipinski definition) is 2. The van der Waals surface area contributed by atoms with E-state index >= 15 is 0 Å². The zero-order valence-electron chi connectivity index (χ0n) is 12.6. The van der Waals surface area contributed by atoms with E-state index in [0.717, 1.165) is 0 Å². The van der Waals surface area contributed by atoms with Gasteiger partial charge in [-0.3, -0.25) is 0 Å². The zero-order valence-corrected chi connectivity index (χ0v) is 12.6. The molecule has 1 heterocycles. The molecule has 0 spiro atoms. The summed E-state index contributed by atoms with van der Waals surface area (Å²) in [6.45, 7) is 2.86. The molecule has 1 saturated heterocycles. The van der Waals surface area contributed by atoms with Crippen molar-refractivity contribution < 1.29 is 31.1 Å². The number of hydrogen-bond acceptors (Lipinski definition) is 2. The fourth-order valence-electron chi connectivity index (χ4n) is 2.38. The van der Waals surface area contributed by atoms with Crippen LogP contribution < -0.4 is 10.6 Å². The third-order valence-electron chi connectivity index (χ3n) is 3.55. The Labute approximate surface area is 133 Å². The summed E-state index contributed by atoms with van der Waals surface area (Å²) in [6.07, 6.45) is -9.93. The summed E-state index contributed by atoms with van der Waals surface area (Å²) in [7, 11) is 0. The number of alkyl halides is 6. The highest BCUT2D eigenvalue weighted by Crippen LogP contribution is 2.39. The van der Waals surface area contributed by atoms with Crippen LogP contribution in [0.1, 0.15) is 18.1 Å². The number of piperazine rings is 1. The Balaban J connectivity index is 2.27. The van der Waals surface area contributed by atoms with E-state index in [4.69, 9.17) is 0 Å². The highest BCUT2D eigenvalue weighted by molar-refractivity contribution is 5.90. The van der Waals surface area contributed by atoms with E-state index in [-0.39, 0.29) is 25.2 Å². The molecular weight excluding hydrogens is 340 g/mol. The van der Waals surface area contributed by atoms with E-state index in [0.29, 0.717) is 18.7 Å². The number of urea groups is 1. The van der Waals surface area contributed by atoms with Gasteiger partial charge in [0.2, 0.25) is 0 Å². The minimum atomic E-state index is -5.03. The van der Waals surface area contributed by atoms with Crippen LogP contribution in [0.25, 0.3) is 0 Å². The predicted octanol–water partition coefficient (Wildman–Crippen LogP) is 3.55. The lowest BCUT2D eigenvalue weighted by Gasteiger charge is -2.32. The summed E-state index contributed by atoms with van der Waals surface area (Å²) in [5.74, 6) is 0. The van der Waals surface area contributed by atoms with Crippen LogP contribution >= 0.6 is 0 Å². The maximum Gasteiger partial charge on any atom is 0.418 e. The molecule has 1 fully saturated rings. The average Bonchev–Trinajstić information content (AvgIpc) is 2.45. The third-order valence-corrected chi connectivity index (χ3v) is 3.55. The smallest absolute Gasteiger partial charge is 0.322 e. The molecule has 10 heteroatoms. The number of carbonyl (C=O) groups is 1. The van der Waals surface area contributed by atoms with Gasteiger partial charge in [0, 0.05) is 25.7 Å². The first-order valence-electron chi connectivity index (χ1n) is 7.06. The standard InChI is InChI=1S/C14H15F6N3O/c1-8-7-23(5-4-21-8)12(24)22-11-3-2-9(13(15,16)17)6-10(11)14(18,19)20/h2-3,6,8,21H,4-5,7H2,1H3,(H,22,24). The van der Waals surface area contributed by atoms with Gasteiger partial charge in [0.15, 0.2) is 0 Å². The first-order chi connectivity index (χ1) is 11.0. The molecule has 0 aromatic heterocycles. The lowest BCUT2D eigenvalue weighted by Crippen LogP contribution is -2.52. The molecule has 1 aromatic carbocycles. The quantitative estimate of drug-likeness (QED) is 0.757. The largest absolute Gasteiger partial charge is 0.418 e. The second kappa shape index (κ2) is 6.50. The van der Waals surface area contributed by atoms with Gasteiger partial charge in [-0.1, -0.05) is 0 Å². The van der Waals surface area contributed by atoms with Crippen molar-refractivity contribution in [2.24, 2.45) is 0 Å². The van der Waals surface area contributed by atoms with Crippen molar-refractivity contribution in [3.63, 3.8) is 0 Å². The lowest BCUT2D eigenvalue weighted by atomic mass is 10.1. The summed E-state index contributed by atoms with van der Waals surface area (Å²) in [4.78, 5) is 13.4. The molecule has 0 aliphatic carbocycles. The lowest BCUT2D eigenvalue weighted by molar-refractivity contribution is -0.142. The van der Waals surface area contributed by atoms with E-state index in [2.05, 4.69) is 10.6 Å². The van der Waals surface area contributed by atoms with Crippen molar-refractivity contribution in [2.75, 3.05) is 25.0 Å². The maximum atomic E-state index is 13.0. The van der Waals surface area contributed by atoms with E-state index in [1.807, 2.05) is 0 Å². The van der Waals surface area contributed by atoms with Gasteiger partial charge in [0.25, 0.3) is 0 Å². The van der Waals surface area contributed by atoms with Crippen molar-refractivity contribution in [1.29, 1.82) is 0 Å². The van der Waals surface area contributed by atoms with Gasteiger partial charge in [-0.05, 0) is 25.1 Å². The Kier molecular flexibility index (Phi) is 4.97. The van der Waals surface area contributed by atoms with Crippen LogP contribution in [0.4, 0.5) is 36.8 Å². The number of amides is 2. The van der Waals surface area contributed by atoms with Gasteiger partial charge in [-0.2, -0.15) is 26.3 Å². The van der Waals surface area contributed by atoms with Crippen LogP contribution in [0.15, 0.2) is 18.2 Å². The van der Waals surface area contributed by atoms with Crippen LogP contribution in [0.5, 0.6) is 0 Å². The maximum absolute atomic E-state index is 13.0. The predicted molar refractivity (Wildman–Crippen MR) is 74.5 cm³/mol. The number of anilines is 1. The molecule has 4 nitrogen and oxygen atoms in total.